The number of nitrogens with two attached hydrogens (primary N) is 1. The van der Waals surface area contributed by atoms with Gasteiger partial charge in [-0.25, -0.2) is 0 Å². The van der Waals surface area contributed by atoms with E-state index in [-0.39, 0.29) is 5.91 Å². The number of hydrogen-bond acceptors (Lipinski definition) is 2. The van der Waals surface area contributed by atoms with Crippen LogP contribution < -0.4 is 11.1 Å². The third-order valence-electron chi connectivity index (χ3n) is 2.36. The van der Waals surface area contributed by atoms with Crippen LogP contribution in [0.3, 0.4) is 0 Å². The second-order valence-electron chi connectivity index (χ2n) is 3.67. The molecule has 0 atom stereocenters. The van der Waals surface area contributed by atoms with Crippen molar-refractivity contribution in [2.45, 2.75) is 0 Å². The number of amides is 1. The predicted molar refractivity (Wildman–Crippen MR) is 80.6 cm³/mol. The average Bonchev–Trinajstić information content (AvgIpc) is 2.34. The molecule has 0 bridgehead atoms. The van der Waals surface area contributed by atoms with E-state index in [1.807, 2.05) is 18.2 Å². The molecule has 2 aromatic carbocycles. The monoisotopic (exact) mass is 368 g/mol. The van der Waals surface area contributed by atoms with Crippen LogP contribution in [0.2, 0.25) is 0 Å². The molecular weight excluding hydrogens is 360 g/mol. The SMILES string of the molecule is Nc1ccc(Br)c(NC(=O)c2ccccc2Br)c1. The maximum atomic E-state index is 12.1. The van der Waals surface area contributed by atoms with Crippen molar-refractivity contribution < 1.29 is 4.79 Å². The standard InChI is InChI=1S/C13H10Br2N2O/c14-10-4-2-1-3-9(10)13(18)17-12-7-8(16)5-6-11(12)15/h1-7H,16H2,(H,17,18). The van der Waals surface area contributed by atoms with Crippen LogP contribution in [0, 0.1) is 0 Å². The van der Waals surface area contributed by atoms with Gasteiger partial charge in [0.2, 0.25) is 0 Å². The Bertz CT molecular complexity index is 599. The van der Waals surface area contributed by atoms with E-state index in [2.05, 4.69) is 37.2 Å². The average molecular weight is 370 g/mol. The van der Waals surface area contributed by atoms with Crippen LogP contribution in [0.1, 0.15) is 10.4 Å². The van der Waals surface area contributed by atoms with Crippen LogP contribution in [0.4, 0.5) is 11.4 Å². The molecule has 3 nitrogen and oxygen atoms in total. The summed E-state index contributed by atoms with van der Waals surface area (Å²) in [5.74, 6) is -0.186. The third kappa shape index (κ3) is 2.91. The van der Waals surface area contributed by atoms with Crippen LogP contribution in [-0.2, 0) is 0 Å². The zero-order chi connectivity index (χ0) is 13.1. The number of rotatable bonds is 2. The second kappa shape index (κ2) is 5.54. The van der Waals surface area contributed by atoms with Gasteiger partial charge in [0.25, 0.3) is 5.91 Å². The fourth-order valence-electron chi connectivity index (χ4n) is 1.47. The maximum Gasteiger partial charge on any atom is 0.256 e. The number of carbonyl (C=O) groups excluding carboxylic acids is 1. The highest BCUT2D eigenvalue weighted by molar-refractivity contribution is 9.11. The lowest BCUT2D eigenvalue weighted by atomic mass is 10.2. The molecule has 1 amide bonds. The first-order valence-corrected chi connectivity index (χ1v) is 6.77. The summed E-state index contributed by atoms with van der Waals surface area (Å²) in [5, 5.41) is 2.81. The van der Waals surface area contributed by atoms with Gasteiger partial charge in [-0.05, 0) is 62.2 Å². The molecule has 0 aromatic heterocycles. The fraction of sp³-hybridized carbons (Fsp3) is 0. The van der Waals surface area contributed by atoms with Crippen molar-refractivity contribution in [1.82, 2.24) is 0 Å². The van der Waals surface area contributed by atoms with Crippen molar-refractivity contribution >= 4 is 49.1 Å². The normalized spacial score (nSPS) is 10.1. The van der Waals surface area contributed by atoms with E-state index >= 15 is 0 Å². The van der Waals surface area contributed by atoms with Gasteiger partial charge >= 0.3 is 0 Å². The minimum Gasteiger partial charge on any atom is -0.399 e. The van der Waals surface area contributed by atoms with Crippen molar-refractivity contribution in [3.63, 3.8) is 0 Å². The molecule has 0 aliphatic heterocycles. The van der Waals surface area contributed by atoms with Crippen LogP contribution >= 0.6 is 31.9 Å². The van der Waals surface area contributed by atoms with Crippen molar-refractivity contribution in [2.24, 2.45) is 0 Å². The second-order valence-corrected chi connectivity index (χ2v) is 5.38. The summed E-state index contributed by atoms with van der Waals surface area (Å²) in [5.41, 5.74) is 7.51. The summed E-state index contributed by atoms with van der Waals surface area (Å²) in [7, 11) is 0. The Hall–Kier alpha value is -1.33. The lowest BCUT2D eigenvalue weighted by Crippen LogP contribution is -2.13. The highest BCUT2D eigenvalue weighted by Crippen LogP contribution is 2.26. The largest absolute Gasteiger partial charge is 0.399 e. The molecule has 0 heterocycles. The molecule has 0 saturated carbocycles. The topological polar surface area (TPSA) is 55.1 Å². The van der Waals surface area contributed by atoms with Gasteiger partial charge in [0.15, 0.2) is 0 Å². The molecule has 0 fully saturated rings. The summed E-state index contributed by atoms with van der Waals surface area (Å²) in [6.45, 7) is 0. The smallest absolute Gasteiger partial charge is 0.256 e. The zero-order valence-corrected chi connectivity index (χ0v) is 12.5. The Morgan fingerprint density at radius 2 is 1.78 bits per heavy atom. The number of halogens is 2. The lowest BCUT2D eigenvalue weighted by Gasteiger charge is -2.09. The van der Waals surface area contributed by atoms with E-state index in [0.29, 0.717) is 16.9 Å². The molecule has 92 valence electrons. The first-order chi connectivity index (χ1) is 8.58. The molecule has 0 aliphatic rings. The number of nitrogen functional groups attached to an aromatic ring is 1. The van der Waals surface area contributed by atoms with E-state index in [1.165, 1.54) is 0 Å². The van der Waals surface area contributed by atoms with E-state index < -0.39 is 0 Å². The van der Waals surface area contributed by atoms with Crippen LogP contribution in [0.25, 0.3) is 0 Å². The molecule has 18 heavy (non-hydrogen) atoms. The molecule has 0 saturated heterocycles. The van der Waals surface area contributed by atoms with Gasteiger partial charge in [-0.1, -0.05) is 12.1 Å². The first-order valence-electron chi connectivity index (χ1n) is 5.19. The molecule has 0 unspecified atom stereocenters. The number of anilines is 2. The Kier molecular flexibility index (Phi) is 4.04. The fourth-order valence-corrected chi connectivity index (χ4v) is 2.28. The number of nitrogens with one attached hydrogen (secondary N) is 1. The molecular formula is C13H10Br2N2O. The van der Waals surface area contributed by atoms with Gasteiger partial charge in [-0.3, -0.25) is 4.79 Å². The van der Waals surface area contributed by atoms with Crippen LogP contribution in [-0.4, -0.2) is 5.91 Å². The van der Waals surface area contributed by atoms with Gasteiger partial charge in [0, 0.05) is 14.6 Å². The van der Waals surface area contributed by atoms with Crippen LogP contribution in [0.15, 0.2) is 51.4 Å². The summed E-state index contributed by atoms with van der Waals surface area (Å²) in [4.78, 5) is 12.1. The van der Waals surface area contributed by atoms with Crippen molar-refractivity contribution in [3.8, 4) is 0 Å². The van der Waals surface area contributed by atoms with Crippen molar-refractivity contribution in [1.29, 1.82) is 0 Å². The predicted octanol–water partition coefficient (Wildman–Crippen LogP) is 4.05. The highest BCUT2D eigenvalue weighted by Gasteiger charge is 2.11. The van der Waals surface area contributed by atoms with Gasteiger partial charge in [-0.2, -0.15) is 0 Å². The van der Waals surface area contributed by atoms with Crippen LogP contribution in [0.5, 0.6) is 0 Å². The quantitative estimate of drug-likeness (QED) is 0.784. The Morgan fingerprint density at radius 3 is 2.50 bits per heavy atom. The highest BCUT2D eigenvalue weighted by atomic mass is 79.9. The van der Waals surface area contributed by atoms with Gasteiger partial charge in [-0.15, -0.1) is 0 Å². The van der Waals surface area contributed by atoms with Gasteiger partial charge in [0.1, 0.15) is 0 Å². The molecule has 0 spiro atoms. The van der Waals surface area contributed by atoms with Gasteiger partial charge in [0.05, 0.1) is 11.3 Å². The molecule has 0 radical (unpaired) electrons. The molecule has 0 aliphatic carbocycles. The minimum atomic E-state index is -0.186. The Labute approximate surface area is 122 Å². The minimum absolute atomic E-state index is 0.186. The summed E-state index contributed by atoms with van der Waals surface area (Å²) in [6.07, 6.45) is 0. The van der Waals surface area contributed by atoms with Gasteiger partial charge < -0.3 is 11.1 Å². The third-order valence-corrected chi connectivity index (χ3v) is 3.74. The Balaban J connectivity index is 2.27. The first kappa shape index (κ1) is 13.1. The lowest BCUT2D eigenvalue weighted by molar-refractivity contribution is 0.102. The van der Waals surface area contributed by atoms with E-state index in [4.69, 9.17) is 5.73 Å². The Morgan fingerprint density at radius 1 is 1.06 bits per heavy atom. The molecule has 3 N–H and O–H groups in total. The number of benzene rings is 2. The van der Waals surface area contributed by atoms with E-state index in [9.17, 15) is 4.79 Å². The van der Waals surface area contributed by atoms with Crippen molar-refractivity contribution in [2.75, 3.05) is 11.1 Å². The van der Waals surface area contributed by atoms with E-state index in [1.54, 1.807) is 24.3 Å². The summed E-state index contributed by atoms with van der Waals surface area (Å²) < 4.78 is 1.54. The number of hydrogen-bond donors (Lipinski definition) is 2. The molecule has 2 aromatic rings. The summed E-state index contributed by atoms with van der Waals surface area (Å²) >= 11 is 6.71. The maximum absolute atomic E-state index is 12.1. The molecule has 2 rings (SSSR count). The molecule has 5 heteroatoms. The van der Waals surface area contributed by atoms with E-state index in [0.717, 1.165) is 8.95 Å². The summed E-state index contributed by atoms with van der Waals surface area (Å²) in [6, 6.07) is 12.5. The zero-order valence-electron chi connectivity index (χ0n) is 9.28. The number of carbonyl (C=O) groups is 1. The van der Waals surface area contributed by atoms with Crippen molar-refractivity contribution in [3.05, 3.63) is 57.0 Å².